The van der Waals surface area contributed by atoms with E-state index in [1.165, 1.54) is 36.9 Å². The molecule has 0 aliphatic carbocycles. The molecule has 3 aromatic heterocycles. The highest BCUT2D eigenvalue weighted by molar-refractivity contribution is 7.22. The van der Waals surface area contributed by atoms with Crippen LogP contribution < -0.4 is 0 Å². The van der Waals surface area contributed by atoms with Gasteiger partial charge in [-0.3, -0.25) is 0 Å². The molecule has 0 saturated carbocycles. The number of fused-ring (bicyclic) bond motifs is 3. The van der Waals surface area contributed by atoms with E-state index in [2.05, 4.69) is 97.9 Å². The predicted octanol–water partition coefficient (Wildman–Crippen LogP) is 8.69. The van der Waals surface area contributed by atoms with Crippen LogP contribution >= 0.6 is 22.7 Å². The van der Waals surface area contributed by atoms with Crippen molar-refractivity contribution in [2.24, 2.45) is 0 Å². The summed E-state index contributed by atoms with van der Waals surface area (Å²) in [5, 5.41) is 7.15. The first-order valence-electron chi connectivity index (χ1n) is 10.7. The number of hydrogen-bond acceptors (Lipinski definition) is 4. The molecule has 6 aromatic rings. The van der Waals surface area contributed by atoms with Gasteiger partial charge in [-0.2, -0.15) is 0 Å². The summed E-state index contributed by atoms with van der Waals surface area (Å²) in [4.78, 5) is 11.7. The van der Waals surface area contributed by atoms with Gasteiger partial charge < -0.3 is 0 Å². The number of thiophene rings is 2. The van der Waals surface area contributed by atoms with Gasteiger partial charge in [-0.1, -0.05) is 57.2 Å². The third-order valence-corrected chi connectivity index (χ3v) is 7.99. The average molecular weight is 451 g/mol. The van der Waals surface area contributed by atoms with E-state index in [-0.39, 0.29) is 5.41 Å². The van der Waals surface area contributed by atoms with Gasteiger partial charge in [0.1, 0.15) is 11.2 Å². The van der Waals surface area contributed by atoms with E-state index < -0.39 is 0 Å². The topological polar surface area (TPSA) is 25.8 Å². The second kappa shape index (κ2) is 7.22. The van der Waals surface area contributed by atoms with Crippen molar-refractivity contribution in [1.82, 2.24) is 9.97 Å². The zero-order valence-corrected chi connectivity index (χ0v) is 19.8. The maximum absolute atomic E-state index is 4.76. The Hall–Kier alpha value is -3.08. The number of rotatable bonds is 2. The zero-order chi connectivity index (χ0) is 21.9. The van der Waals surface area contributed by atoms with E-state index in [1.54, 1.807) is 29.0 Å². The molecule has 4 heteroatoms. The van der Waals surface area contributed by atoms with E-state index in [9.17, 15) is 0 Å². The fourth-order valence-electron chi connectivity index (χ4n) is 4.50. The van der Waals surface area contributed by atoms with Gasteiger partial charge in [0.25, 0.3) is 0 Å². The Kier molecular flexibility index (Phi) is 4.42. The van der Waals surface area contributed by atoms with Crippen molar-refractivity contribution in [3.05, 3.63) is 84.0 Å². The molecule has 2 nitrogen and oxygen atoms in total. The molecule has 6 rings (SSSR count). The minimum atomic E-state index is 0.0379. The van der Waals surface area contributed by atoms with Crippen LogP contribution in [0.5, 0.6) is 0 Å². The van der Waals surface area contributed by atoms with Crippen molar-refractivity contribution < 1.29 is 0 Å². The van der Waals surface area contributed by atoms with Crippen LogP contribution in [0, 0.1) is 0 Å². The van der Waals surface area contributed by atoms with Crippen molar-refractivity contribution in [3.63, 3.8) is 0 Å². The van der Waals surface area contributed by atoms with Crippen molar-refractivity contribution in [2.75, 3.05) is 0 Å². The Bertz CT molecular complexity index is 1620. The molecule has 0 bridgehead atoms. The second-order valence-corrected chi connectivity index (χ2v) is 11.2. The van der Waals surface area contributed by atoms with E-state index in [0.29, 0.717) is 0 Å². The molecule has 0 saturated heterocycles. The van der Waals surface area contributed by atoms with E-state index in [4.69, 9.17) is 4.98 Å². The van der Waals surface area contributed by atoms with Gasteiger partial charge in [0.05, 0.1) is 5.69 Å². The molecule has 0 unspecified atom stereocenters. The Morgan fingerprint density at radius 3 is 2.53 bits per heavy atom. The monoisotopic (exact) mass is 450 g/mol. The molecule has 156 valence electrons. The van der Waals surface area contributed by atoms with Crippen LogP contribution in [-0.4, -0.2) is 9.97 Å². The molecule has 0 radical (unpaired) electrons. The van der Waals surface area contributed by atoms with Crippen LogP contribution in [-0.2, 0) is 5.41 Å². The summed E-state index contributed by atoms with van der Waals surface area (Å²) in [6.07, 6.45) is 1.70. The molecule has 0 fully saturated rings. The fourth-order valence-corrected chi connectivity index (χ4v) is 6.35. The Balaban J connectivity index is 1.60. The van der Waals surface area contributed by atoms with Gasteiger partial charge in [-0.15, -0.1) is 22.7 Å². The van der Waals surface area contributed by atoms with Crippen LogP contribution in [0.4, 0.5) is 0 Å². The number of benzene rings is 3. The van der Waals surface area contributed by atoms with Gasteiger partial charge in [-0.25, -0.2) is 9.97 Å². The predicted molar refractivity (Wildman–Crippen MR) is 140 cm³/mol. The van der Waals surface area contributed by atoms with Gasteiger partial charge >= 0.3 is 0 Å². The first-order valence-corrected chi connectivity index (χ1v) is 12.4. The van der Waals surface area contributed by atoms with Crippen LogP contribution in [0.2, 0.25) is 0 Å². The smallest absolute Gasteiger partial charge is 0.127 e. The number of nitrogens with zero attached hydrogens (tertiary/aromatic N) is 2. The van der Waals surface area contributed by atoms with Crippen molar-refractivity contribution in [3.8, 4) is 21.7 Å². The second-order valence-electron chi connectivity index (χ2n) is 9.18. The molecule has 32 heavy (non-hydrogen) atoms. The van der Waals surface area contributed by atoms with E-state index in [1.807, 2.05) is 0 Å². The summed E-state index contributed by atoms with van der Waals surface area (Å²) < 4.78 is 1.32. The normalized spacial score (nSPS) is 12.2. The lowest BCUT2D eigenvalue weighted by molar-refractivity contribution is 0.596. The Labute approximate surface area is 195 Å². The summed E-state index contributed by atoms with van der Waals surface area (Å²) in [6.45, 7) is 6.83. The van der Waals surface area contributed by atoms with Crippen LogP contribution in [0.15, 0.2) is 78.4 Å². The Morgan fingerprint density at radius 1 is 0.781 bits per heavy atom. The van der Waals surface area contributed by atoms with Gasteiger partial charge in [-0.05, 0) is 57.5 Å². The zero-order valence-electron chi connectivity index (χ0n) is 18.2. The van der Waals surface area contributed by atoms with E-state index in [0.717, 1.165) is 21.5 Å². The summed E-state index contributed by atoms with van der Waals surface area (Å²) >= 11 is 3.53. The van der Waals surface area contributed by atoms with E-state index >= 15 is 0 Å². The lowest BCUT2D eigenvalue weighted by Gasteiger charge is -2.22. The number of aromatic nitrogens is 2. The molecule has 0 spiro atoms. The van der Waals surface area contributed by atoms with Crippen LogP contribution in [0.25, 0.3) is 52.8 Å². The highest BCUT2D eigenvalue weighted by Crippen LogP contribution is 2.41. The van der Waals surface area contributed by atoms with Gasteiger partial charge in [0.2, 0.25) is 0 Å². The first-order chi connectivity index (χ1) is 15.5. The molecule has 0 amide bonds. The molecule has 0 aliphatic heterocycles. The van der Waals surface area contributed by atoms with Crippen molar-refractivity contribution >= 4 is 53.7 Å². The van der Waals surface area contributed by atoms with Crippen molar-refractivity contribution in [1.29, 1.82) is 0 Å². The standard InChI is InChI=1S/C28H22N2S2/c1-28(2,3)23-14-18(13-17-7-4-5-8-19(17)23)26-22-15-25(32-27(22)30-16-29-26)20-9-6-10-24-21(20)11-12-31-24/h4-16H,1-3H3. The lowest BCUT2D eigenvalue weighted by atomic mass is 9.82. The summed E-state index contributed by atoms with van der Waals surface area (Å²) in [7, 11) is 0. The quantitative estimate of drug-likeness (QED) is 0.264. The average Bonchev–Trinajstić information content (AvgIpc) is 3.44. The summed E-state index contributed by atoms with van der Waals surface area (Å²) in [5.74, 6) is 0. The lowest BCUT2D eigenvalue weighted by Crippen LogP contribution is -2.12. The molecular weight excluding hydrogens is 428 g/mol. The fraction of sp³-hybridized carbons (Fsp3) is 0.143. The first kappa shape index (κ1) is 19.6. The van der Waals surface area contributed by atoms with Crippen LogP contribution in [0.3, 0.4) is 0 Å². The largest absolute Gasteiger partial charge is 0.236 e. The minimum Gasteiger partial charge on any atom is -0.236 e. The third-order valence-electron chi connectivity index (χ3n) is 6.03. The molecule has 0 N–H and O–H groups in total. The summed E-state index contributed by atoms with van der Waals surface area (Å²) in [5.41, 5.74) is 4.81. The minimum absolute atomic E-state index is 0.0379. The number of hydrogen-bond donors (Lipinski definition) is 0. The molecule has 0 aliphatic rings. The molecule has 3 heterocycles. The van der Waals surface area contributed by atoms with Gasteiger partial charge in [0.15, 0.2) is 0 Å². The Morgan fingerprint density at radius 2 is 1.66 bits per heavy atom. The van der Waals surface area contributed by atoms with Crippen LogP contribution in [0.1, 0.15) is 26.3 Å². The maximum Gasteiger partial charge on any atom is 0.127 e. The molecular formula is C28H22N2S2. The SMILES string of the molecule is CC(C)(C)c1cc(-c2ncnc3sc(-c4cccc5sccc45)cc23)cc2ccccc12. The summed E-state index contributed by atoms with van der Waals surface area (Å²) in [6, 6.07) is 24.3. The molecule has 0 atom stereocenters. The highest BCUT2D eigenvalue weighted by Gasteiger charge is 2.20. The third kappa shape index (κ3) is 3.14. The maximum atomic E-state index is 4.76. The molecule has 3 aromatic carbocycles. The highest BCUT2D eigenvalue weighted by atomic mass is 32.1. The van der Waals surface area contributed by atoms with Gasteiger partial charge in [0, 0.05) is 31.5 Å². The van der Waals surface area contributed by atoms with Crippen molar-refractivity contribution in [2.45, 2.75) is 26.2 Å².